The number of thiophene rings is 1. The fraction of sp³-hybridized carbons (Fsp3) is 0.231. The van der Waals surface area contributed by atoms with Crippen molar-refractivity contribution in [2.24, 2.45) is 0 Å². The van der Waals surface area contributed by atoms with Crippen molar-refractivity contribution >= 4 is 33.0 Å². The van der Waals surface area contributed by atoms with Crippen LogP contribution in [0.2, 0.25) is 0 Å². The van der Waals surface area contributed by atoms with Crippen LogP contribution in [0.5, 0.6) is 0 Å². The van der Waals surface area contributed by atoms with Crippen molar-refractivity contribution in [2.75, 3.05) is 5.32 Å². The molecule has 0 saturated heterocycles. The summed E-state index contributed by atoms with van der Waals surface area (Å²) in [6, 6.07) is 10.2. The molecule has 4 heteroatoms. The Morgan fingerprint density at radius 2 is 2.18 bits per heavy atom. The topological polar surface area (TPSA) is 32.3 Å². The van der Waals surface area contributed by atoms with Crippen LogP contribution in [0.25, 0.3) is 0 Å². The third kappa shape index (κ3) is 3.09. The highest BCUT2D eigenvalue weighted by molar-refractivity contribution is 9.10. The molecular weight excluding hydrogens is 298 g/mol. The summed E-state index contributed by atoms with van der Waals surface area (Å²) >= 11 is 5.18. The van der Waals surface area contributed by atoms with E-state index in [1.807, 2.05) is 24.3 Å². The van der Waals surface area contributed by atoms with Crippen LogP contribution in [0, 0.1) is 0 Å². The van der Waals surface area contributed by atoms with Gasteiger partial charge in [-0.1, -0.05) is 18.2 Å². The normalized spacial score (nSPS) is 12.4. The fourth-order valence-electron chi connectivity index (χ4n) is 1.66. The Morgan fingerprint density at radius 1 is 1.41 bits per heavy atom. The van der Waals surface area contributed by atoms with E-state index in [1.54, 1.807) is 11.3 Å². The van der Waals surface area contributed by atoms with E-state index >= 15 is 0 Å². The lowest BCUT2D eigenvalue weighted by molar-refractivity contribution is 0.282. The Morgan fingerprint density at radius 3 is 2.82 bits per heavy atom. The highest BCUT2D eigenvalue weighted by atomic mass is 79.9. The molecule has 2 rings (SSSR count). The van der Waals surface area contributed by atoms with Crippen LogP contribution < -0.4 is 5.32 Å². The summed E-state index contributed by atoms with van der Waals surface area (Å²) in [5, 5.41) is 14.8. The molecule has 0 bridgehead atoms. The van der Waals surface area contributed by atoms with Gasteiger partial charge in [0, 0.05) is 26.0 Å². The summed E-state index contributed by atoms with van der Waals surface area (Å²) in [5.41, 5.74) is 1.92. The maximum absolute atomic E-state index is 9.26. The first-order valence-corrected chi connectivity index (χ1v) is 7.07. The van der Waals surface area contributed by atoms with Gasteiger partial charge in [-0.2, -0.15) is 0 Å². The van der Waals surface area contributed by atoms with E-state index in [9.17, 15) is 5.11 Å². The number of hydrogen-bond donors (Lipinski definition) is 2. The molecule has 0 saturated carbocycles. The summed E-state index contributed by atoms with van der Waals surface area (Å²) < 4.78 is 1.11. The second kappa shape index (κ2) is 5.67. The van der Waals surface area contributed by atoms with Crippen molar-refractivity contribution in [1.82, 2.24) is 0 Å². The Hall–Kier alpha value is -0.840. The van der Waals surface area contributed by atoms with Gasteiger partial charge in [0.05, 0.1) is 12.6 Å². The molecule has 1 heterocycles. The van der Waals surface area contributed by atoms with Gasteiger partial charge in [0.2, 0.25) is 0 Å². The Labute approximate surface area is 113 Å². The summed E-state index contributed by atoms with van der Waals surface area (Å²) in [7, 11) is 0. The fourth-order valence-corrected chi connectivity index (χ4v) is 3.11. The van der Waals surface area contributed by atoms with E-state index in [1.165, 1.54) is 4.88 Å². The zero-order valence-electron chi connectivity index (χ0n) is 9.48. The standard InChI is InChI=1S/C13H14BrNOS/c1-9(13-6-11(14)8-17-13)15-12-5-3-2-4-10(12)7-16/h2-6,8-9,15-16H,7H2,1H3. The van der Waals surface area contributed by atoms with Gasteiger partial charge in [-0.05, 0) is 35.0 Å². The molecule has 0 amide bonds. The van der Waals surface area contributed by atoms with Gasteiger partial charge >= 0.3 is 0 Å². The summed E-state index contributed by atoms with van der Waals surface area (Å²) in [5.74, 6) is 0. The van der Waals surface area contributed by atoms with Crippen LogP contribution in [-0.2, 0) is 6.61 Å². The maximum Gasteiger partial charge on any atom is 0.0701 e. The highest BCUT2D eigenvalue weighted by Crippen LogP contribution is 2.28. The average molecular weight is 312 g/mol. The zero-order valence-corrected chi connectivity index (χ0v) is 11.9. The van der Waals surface area contributed by atoms with E-state index < -0.39 is 0 Å². The van der Waals surface area contributed by atoms with E-state index in [0.29, 0.717) is 0 Å². The van der Waals surface area contributed by atoms with Gasteiger partial charge in [0.25, 0.3) is 0 Å². The quantitative estimate of drug-likeness (QED) is 0.888. The number of nitrogens with one attached hydrogen (secondary N) is 1. The zero-order chi connectivity index (χ0) is 12.3. The molecule has 0 fully saturated rings. The van der Waals surface area contributed by atoms with Gasteiger partial charge in [0.1, 0.15) is 0 Å². The van der Waals surface area contributed by atoms with Crippen molar-refractivity contribution in [3.63, 3.8) is 0 Å². The molecule has 0 aliphatic carbocycles. The molecule has 1 unspecified atom stereocenters. The minimum Gasteiger partial charge on any atom is -0.392 e. The van der Waals surface area contributed by atoms with Crippen LogP contribution in [-0.4, -0.2) is 5.11 Å². The molecule has 2 N–H and O–H groups in total. The van der Waals surface area contributed by atoms with Crippen LogP contribution in [0.3, 0.4) is 0 Å². The Balaban J connectivity index is 2.15. The molecule has 90 valence electrons. The predicted molar refractivity (Wildman–Crippen MR) is 76.4 cm³/mol. The van der Waals surface area contributed by atoms with Crippen molar-refractivity contribution in [1.29, 1.82) is 0 Å². The van der Waals surface area contributed by atoms with E-state index in [0.717, 1.165) is 15.7 Å². The third-order valence-electron chi connectivity index (χ3n) is 2.57. The maximum atomic E-state index is 9.26. The first-order valence-electron chi connectivity index (χ1n) is 5.40. The molecule has 0 aliphatic rings. The number of benzene rings is 1. The van der Waals surface area contributed by atoms with Crippen molar-refractivity contribution < 1.29 is 5.11 Å². The van der Waals surface area contributed by atoms with E-state index in [2.05, 4.69) is 39.6 Å². The minimum absolute atomic E-state index is 0.0596. The summed E-state index contributed by atoms with van der Waals surface area (Å²) in [6.07, 6.45) is 0. The van der Waals surface area contributed by atoms with Gasteiger partial charge in [-0.25, -0.2) is 0 Å². The number of hydrogen-bond acceptors (Lipinski definition) is 3. The minimum atomic E-state index is 0.0596. The lowest BCUT2D eigenvalue weighted by Crippen LogP contribution is -2.06. The second-order valence-electron chi connectivity index (χ2n) is 3.85. The van der Waals surface area contributed by atoms with Gasteiger partial charge in [-0.3, -0.25) is 0 Å². The van der Waals surface area contributed by atoms with E-state index in [4.69, 9.17) is 0 Å². The third-order valence-corrected chi connectivity index (χ3v) is 4.45. The monoisotopic (exact) mass is 311 g/mol. The van der Waals surface area contributed by atoms with Crippen LogP contribution in [0.15, 0.2) is 40.2 Å². The Bertz CT molecular complexity index is 498. The van der Waals surface area contributed by atoms with E-state index in [-0.39, 0.29) is 12.6 Å². The van der Waals surface area contributed by atoms with Crippen LogP contribution in [0.4, 0.5) is 5.69 Å². The lowest BCUT2D eigenvalue weighted by Gasteiger charge is -2.16. The van der Waals surface area contributed by atoms with Gasteiger partial charge < -0.3 is 10.4 Å². The smallest absolute Gasteiger partial charge is 0.0701 e. The predicted octanol–water partition coefficient (Wildman–Crippen LogP) is 4.18. The molecule has 0 spiro atoms. The summed E-state index contributed by atoms with van der Waals surface area (Å²) in [4.78, 5) is 1.27. The number of aliphatic hydroxyl groups is 1. The van der Waals surface area contributed by atoms with Crippen molar-refractivity contribution in [3.05, 3.63) is 50.6 Å². The SMILES string of the molecule is CC(Nc1ccccc1CO)c1cc(Br)cs1. The number of anilines is 1. The number of aliphatic hydroxyl groups excluding tert-OH is 1. The number of rotatable bonds is 4. The second-order valence-corrected chi connectivity index (χ2v) is 5.71. The molecule has 2 aromatic rings. The molecule has 1 atom stereocenters. The largest absolute Gasteiger partial charge is 0.392 e. The Kier molecular flexibility index (Phi) is 4.20. The van der Waals surface area contributed by atoms with Crippen LogP contribution >= 0.6 is 27.3 Å². The first kappa shape index (κ1) is 12.6. The molecule has 1 aromatic carbocycles. The molecule has 2 nitrogen and oxygen atoms in total. The average Bonchev–Trinajstić information content (AvgIpc) is 2.77. The van der Waals surface area contributed by atoms with Crippen molar-refractivity contribution in [2.45, 2.75) is 19.6 Å². The van der Waals surface area contributed by atoms with Gasteiger partial charge in [0.15, 0.2) is 0 Å². The number of para-hydroxylation sites is 1. The lowest BCUT2D eigenvalue weighted by atomic mass is 10.1. The van der Waals surface area contributed by atoms with Gasteiger partial charge in [-0.15, -0.1) is 11.3 Å². The first-order chi connectivity index (χ1) is 8.20. The van der Waals surface area contributed by atoms with Crippen molar-refractivity contribution in [3.8, 4) is 0 Å². The molecule has 17 heavy (non-hydrogen) atoms. The molecule has 1 aromatic heterocycles. The molecule has 0 radical (unpaired) electrons. The molecule has 0 aliphatic heterocycles. The van der Waals surface area contributed by atoms with Crippen LogP contribution in [0.1, 0.15) is 23.4 Å². The number of halogens is 1. The highest BCUT2D eigenvalue weighted by Gasteiger charge is 2.09. The summed E-state index contributed by atoms with van der Waals surface area (Å²) in [6.45, 7) is 2.18. The molecular formula is C13H14BrNOS.